The molecule has 1 aromatic rings. The summed E-state index contributed by atoms with van der Waals surface area (Å²) in [4.78, 5) is 11.8. The molecule has 1 aliphatic rings. The zero-order valence-electron chi connectivity index (χ0n) is 11.3. The summed E-state index contributed by atoms with van der Waals surface area (Å²) in [6.07, 6.45) is 1.38. The predicted octanol–water partition coefficient (Wildman–Crippen LogP) is 1.16. The molecule has 0 unspecified atom stereocenters. The fourth-order valence-electron chi connectivity index (χ4n) is 1.96. The second kappa shape index (κ2) is 6.23. The molecule has 1 fully saturated rings. The molecular weight excluding hydrogens is 280 g/mol. The summed E-state index contributed by atoms with van der Waals surface area (Å²) in [7, 11) is -3.82. The minimum Gasteiger partial charge on any atom is -0.381 e. The second-order valence-corrected chi connectivity index (χ2v) is 6.46. The highest BCUT2D eigenvalue weighted by atomic mass is 32.2. The van der Waals surface area contributed by atoms with Crippen LogP contribution in [0.25, 0.3) is 0 Å². The van der Waals surface area contributed by atoms with E-state index in [2.05, 4.69) is 5.32 Å². The third-order valence-electron chi connectivity index (χ3n) is 3.11. The molecule has 1 aliphatic heterocycles. The van der Waals surface area contributed by atoms with Crippen molar-refractivity contribution in [3.63, 3.8) is 0 Å². The van der Waals surface area contributed by atoms with Crippen LogP contribution in [0.1, 0.15) is 18.4 Å². The van der Waals surface area contributed by atoms with Gasteiger partial charge in [-0.3, -0.25) is 0 Å². The Morgan fingerprint density at radius 2 is 1.80 bits per heavy atom. The van der Waals surface area contributed by atoms with E-state index in [0.29, 0.717) is 26.1 Å². The molecule has 7 heteroatoms. The van der Waals surface area contributed by atoms with Crippen LogP contribution in [0.3, 0.4) is 0 Å². The third kappa shape index (κ3) is 3.94. The van der Waals surface area contributed by atoms with Crippen LogP contribution < -0.4 is 10.0 Å². The van der Waals surface area contributed by atoms with Crippen molar-refractivity contribution in [3.05, 3.63) is 29.8 Å². The molecule has 0 aliphatic carbocycles. The molecule has 2 N–H and O–H groups in total. The number of carbonyl (C=O) groups excluding carboxylic acids is 1. The Kier molecular flexibility index (Phi) is 4.61. The molecule has 0 atom stereocenters. The van der Waals surface area contributed by atoms with Crippen molar-refractivity contribution in [3.8, 4) is 0 Å². The van der Waals surface area contributed by atoms with Crippen molar-refractivity contribution < 1.29 is 17.9 Å². The Balaban J connectivity index is 1.97. The first-order valence-electron chi connectivity index (χ1n) is 6.45. The SMILES string of the molecule is Cc1ccc(S(=O)(=O)NC(=O)NC2CCOCC2)cc1. The maximum Gasteiger partial charge on any atom is 0.328 e. The molecule has 20 heavy (non-hydrogen) atoms. The number of hydrogen-bond acceptors (Lipinski definition) is 4. The van der Waals surface area contributed by atoms with Crippen molar-refractivity contribution in [2.75, 3.05) is 13.2 Å². The summed E-state index contributed by atoms with van der Waals surface area (Å²) in [5.74, 6) is 0. The highest BCUT2D eigenvalue weighted by Crippen LogP contribution is 2.10. The smallest absolute Gasteiger partial charge is 0.328 e. The van der Waals surface area contributed by atoms with Crippen molar-refractivity contribution in [2.24, 2.45) is 0 Å². The molecular formula is C13H18N2O4S. The average Bonchev–Trinajstić information content (AvgIpc) is 2.39. The minimum absolute atomic E-state index is 0.0445. The van der Waals surface area contributed by atoms with Gasteiger partial charge in [0, 0.05) is 19.3 Å². The van der Waals surface area contributed by atoms with Gasteiger partial charge >= 0.3 is 6.03 Å². The van der Waals surface area contributed by atoms with E-state index in [9.17, 15) is 13.2 Å². The quantitative estimate of drug-likeness (QED) is 0.877. The lowest BCUT2D eigenvalue weighted by Crippen LogP contribution is -2.46. The third-order valence-corrected chi connectivity index (χ3v) is 4.46. The molecule has 2 amide bonds. The van der Waals surface area contributed by atoms with Crippen LogP contribution in [0.5, 0.6) is 0 Å². The summed E-state index contributed by atoms with van der Waals surface area (Å²) in [6.45, 7) is 3.02. The lowest BCUT2D eigenvalue weighted by atomic mass is 10.1. The van der Waals surface area contributed by atoms with Gasteiger partial charge in [-0.15, -0.1) is 0 Å². The molecule has 6 nitrogen and oxygen atoms in total. The Labute approximate surface area is 118 Å². The number of aryl methyl sites for hydroxylation is 1. The van der Waals surface area contributed by atoms with Crippen LogP contribution in [-0.4, -0.2) is 33.7 Å². The highest BCUT2D eigenvalue weighted by Gasteiger charge is 2.21. The van der Waals surface area contributed by atoms with Gasteiger partial charge in [0.2, 0.25) is 0 Å². The topological polar surface area (TPSA) is 84.5 Å². The van der Waals surface area contributed by atoms with E-state index in [4.69, 9.17) is 4.74 Å². The monoisotopic (exact) mass is 298 g/mol. The van der Waals surface area contributed by atoms with Crippen LogP contribution in [-0.2, 0) is 14.8 Å². The number of sulfonamides is 1. The van der Waals surface area contributed by atoms with Crippen molar-refractivity contribution >= 4 is 16.1 Å². The maximum absolute atomic E-state index is 12.0. The molecule has 1 heterocycles. The maximum atomic E-state index is 12.0. The van der Waals surface area contributed by atoms with Gasteiger partial charge in [0.15, 0.2) is 0 Å². The lowest BCUT2D eigenvalue weighted by Gasteiger charge is -2.23. The summed E-state index contributed by atoms with van der Waals surface area (Å²) >= 11 is 0. The van der Waals surface area contributed by atoms with Crippen LogP contribution in [0.15, 0.2) is 29.2 Å². The zero-order valence-corrected chi connectivity index (χ0v) is 12.1. The second-order valence-electron chi connectivity index (χ2n) is 4.78. The van der Waals surface area contributed by atoms with E-state index in [0.717, 1.165) is 5.56 Å². The Morgan fingerprint density at radius 3 is 2.40 bits per heavy atom. The summed E-state index contributed by atoms with van der Waals surface area (Å²) < 4.78 is 31.2. The fraction of sp³-hybridized carbons (Fsp3) is 0.462. The van der Waals surface area contributed by atoms with Crippen molar-refractivity contribution in [2.45, 2.75) is 30.7 Å². The highest BCUT2D eigenvalue weighted by molar-refractivity contribution is 7.90. The first-order valence-corrected chi connectivity index (χ1v) is 7.93. The Hall–Kier alpha value is -1.60. The summed E-state index contributed by atoms with van der Waals surface area (Å²) in [6, 6.07) is 5.57. The van der Waals surface area contributed by atoms with Gasteiger partial charge in [0.1, 0.15) is 0 Å². The van der Waals surface area contributed by atoms with Gasteiger partial charge in [-0.05, 0) is 31.9 Å². The van der Waals surface area contributed by atoms with Crippen LogP contribution >= 0.6 is 0 Å². The first kappa shape index (κ1) is 14.8. The average molecular weight is 298 g/mol. The van der Waals surface area contributed by atoms with Gasteiger partial charge in [-0.1, -0.05) is 17.7 Å². The van der Waals surface area contributed by atoms with Crippen molar-refractivity contribution in [1.29, 1.82) is 0 Å². The van der Waals surface area contributed by atoms with Gasteiger partial charge in [-0.25, -0.2) is 17.9 Å². The molecule has 0 radical (unpaired) electrons. The van der Waals surface area contributed by atoms with Gasteiger partial charge in [0.05, 0.1) is 4.90 Å². The Morgan fingerprint density at radius 1 is 1.20 bits per heavy atom. The standard InChI is InChI=1S/C13H18N2O4S/c1-10-2-4-12(5-3-10)20(17,18)15-13(16)14-11-6-8-19-9-7-11/h2-5,11H,6-9H2,1H3,(H2,14,15,16). The molecule has 1 saturated heterocycles. The van der Waals surface area contributed by atoms with Crippen LogP contribution in [0.2, 0.25) is 0 Å². The van der Waals surface area contributed by atoms with E-state index in [1.54, 1.807) is 12.1 Å². The molecule has 0 aromatic heterocycles. The van der Waals surface area contributed by atoms with Crippen molar-refractivity contribution in [1.82, 2.24) is 10.0 Å². The normalized spacial score (nSPS) is 16.6. The molecule has 0 bridgehead atoms. The zero-order chi connectivity index (χ0) is 14.6. The first-order chi connectivity index (χ1) is 9.47. The lowest BCUT2D eigenvalue weighted by molar-refractivity contribution is 0.0803. The number of rotatable bonds is 3. The van der Waals surface area contributed by atoms with Gasteiger partial charge in [0.25, 0.3) is 10.0 Å². The number of carbonyl (C=O) groups is 1. The van der Waals surface area contributed by atoms with Gasteiger partial charge < -0.3 is 10.1 Å². The van der Waals surface area contributed by atoms with E-state index in [1.165, 1.54) is 12.1 Å². The van der Waals surface area contributed by atoms with Crippen LogP contribution in [0.4, 0.5) is 4.79 Å². The number of urea groups is 1. The van der Waals surface area contributed by atoms with Gasteiger partial charge in [-0.2, -0.15) is 0 Å². The molecule has 0 saturated carbocycles. The fourth-order valence-corrected chi connectivity index (χ4v) is 2.87. The van der Waals surface area contributed by atoms with E-state index in [-0.39, 0.29) is 10.9 Å². The minimum atomic E-state index is -3.82. The molecule has 110 valence electrons. The largest absolute Gasteiger partial charge is 0.381 e. The number of amides is 2. The number of nitrogens with one attached hydrogen (secondary N) is 2. The summed E-state index contributed by atoms with van der Waals surface area (Å²) in [5, 5.41) is 2.65. The number of ether oxygens (including phenoxy) is 1. The molecule has 2 rings (SSSR count). The van der Waals surface area contributed by atoms with Crippen LogP contribution in [0, 0.1) is 6.92 Å². The van der Waals surface area contributed by atoms with E-state index < -0.39 is 16.1 Å². The predicted molar refractivity (Wildman–Crippen MR) is 73.9 cm³/mol. The Bertz CT molecular complexity index is 563. The summed E-state index contributed by atoms with van der Waals surface area (Å²) in [5.41, 5.74) is 0.954. The van der Waals surface area contributed by atoms with E-state index in [1.807, 2.05) is 11.6 Å². The van der Waals surface area contributed by atoms with E-state index >= 15 is 0 Å². The number of benzene rings is 1. The number of hydrogen-bond donors (Lipinski definition) is 2. The molecule has 0 spiro atoms. The molecule has 1 aromatic carbocycles.